The molecule has 9 heteroatoms. The Morgan fingerprint density at radius 2 is 0.789 bits per heavy atom. The summed E-state index contributed by atoms with van der Waals surface area (Å²) in [5.74, 6) is -1.48. The third-order valence-electron chi connectivity index (χ3n) is 2.03. The van der Waals surface area contributed by atoms with Crippen LogP contribution in [0.1, 0.15) is 51.4 Å². The van der Waals surface area contributed by atoms with Crippen molar-refractivity contribution in [2.75, 3.05) is 0 Å². The van der Waals surface area contributed by atoms with E-state index in [2.05, 4.69) is 0 Å². The summed E-state index contributed by atoms with van der Waals surface area (Å²) in [4.78, 5) is 20.3. The highest BCUT2D eigenvalue weighted by Crippen LogP contribution is 2.08. The number of hydrogen-bond donors (Lipinski definition) is 3. The van der Waals surface area contributed by atoms with Crippen LogP contribution in [-0.2, 0) is 9.59 Å². The van der Waals surface area contributed by atoms with Gasteiger partial charge in [-0.1, -0.05) is 25.7 Å². The number of carboxylic acids is 2. The standard InChI is InChI=1S/C10H18O4.H3N.4H2O/c11-9(12)7-5-3-1-2-4-6-8-10(13)14;;;;;/h1-8H2,(H,11,12)(H,13,14);1H3;4*1H2. The summed E-state index contributed by atoms with van der Waals surface area (Å²) in [6, 6.07) is 0. The van der Waals surface area contributed by atoms with Gasteiger partial charge in [-0.05, 0) is 12.8 Å². The quantitative estimate of drug-likeness (QED) is 0.458. The molecule has 0 saturated heterocycles. The highest BCUT2D eigenvalue weighted by atomic mass is 16.4. The van der Waals surface area contributed by atoms with Gasteiger partial charge < -0.3 is 38.3 Å². The van der Waals surface area contributed by atoms with E-state index in [9.17, 15) is 9.59 Å². The summed E-state index contributed by atoms with van der Waals surface area (Å²) in [6.07, 6.45) is 5.82. The SMILES string of the molecule is N.O.O.O.O.O=C(O)CCCCCCCCC(=O)O. The van der Waals surface area contributed by atoms with Crippen LogP contribution < -0.4 is 6.15 Å². The van der Waals surface area contributed by atoms with E-state index in [1.165, 1.54) is 0 Å². The van der Waals surface area contributed by atoms with Gasteiger partial charge in [-0.15, -0.1) is 0 Å². The Morgan fingerprint density at radius 1 is 0.579 bits per heavy atom. The average Bonchev–Trinajstić information content (AvgIpc) is 2.08. The Labute approximate surface area is 112 Å². The molecule has 122 valence electrons. The summed E-state index contributed by atoms with van der Waals surface area (Å²) in [6.45, 7) is 0. The first-order chi connectivity index (χ1) is 6.63. The third-order valence-corrected chi connectivity index (χ3v) is 2.03. The number of carboxylic acid groups (broad SMARTS) is 2. The van der Waals surface area contributed by atoms with E-state index in [-0.39, 0.29) is 40.9 Å². The van der Waals surface area contributed by atoms with Gasteiger partial charge in [0.1, 0.15) is 0 Å². The van der Waals surface area contributed by atoms with E-state index in [4.69, 9.17) is 10.2 Å². The molecule has 0 amide bonds. The Kier molecular flexibility index (Phi) is 48.5. The zero-order valence-corrected chi connectivity index (χ0v) is 11.1. The van der Waals surface area contributed by atoms with Crippen molar-refractivity contribution in [1.29, 1.82) is 0 Å². The molecule has 0 radical (unpaired) electrons. The normalized spacial score (nSPS) is 7.37. The maximum Gasteiger partial charge on any atom is 0.303 e. The molecule has 0 heterocycles. The van der Waals surface area contributed by atoms with E-state index in [0.717, 1.165) is 38.5 Å². The Hall–Kier alpha value is -1.26. The second-order valence-corrected chi connectivity index (χ2v) is 3.41. The summed E-state index contributed by atoms with van der Waals surface area (Å²) in [5.41, 5.74) is 0. The third kappa shape index (κ3) is 38.3. The van der Waals surface area contributed by atoms with E-state index < -0.39 is 11.9 Å². The predicted octanol–water partition coefficient (Wildman–Crippen LogP) is -0.860. The molecule has 9 nitrogen and oxygen atoms in total. The van der Waals surface area contributed by atoms with Crippen LogP contribution in [0, 0.1) is 0 Å². The molecule has 0 unspecified atom stereocenters. The summed E-state index contributed by atoms with van der Waals surface area (Å²) >= 11 is 0. The van der Waals surface area contributed by atoms with Crippen molar-refractivity contribution in [3.05, 3.63) is 0 Å². The van der Waals surface area contributed by atoms with Crippen molar-refractivity contribution in [2.45, 2.75) is 51.4 Å². The number of unbranched alkanes of at least 4 members (excludes halogenated alkanes) is 5. The van der Waals surface area contributed by atoms with Crippen LogP contribution in [0.4, 0.5) is 0 Å². The van der Waals surface area contributed by atoms with E-state index in [1.54, 1.807) is 0 Å². The second-order valence-electron chi connectivity index (χ2n) is 3.41. The van der Waals surface area contributed by atoms with Crippen molar-refractivity contribution in [2.24, 2.45) is 0 Å². The van der Waals surface area contributed by atoms with Crippen LogP contribution in [0.2, 0.25) is 0 Å². The first-order valence-electron chi connectivity index (χ1n) is 5.06. The van der Waals surface area contributed by atoms with Crippen molar-refractivity contribution in [3.8, 4) is 0 Å². The van der Waals surface area contributed by atoms with Gasteiger partial charge in [-0.2, -0.15) is 0 Å². The fraction of sp³-hybridized carbons (Fsp3) is 0.800. The molecular weight excluding hydrogens is 262 g/mol. The first-order valence-corrected chi connectivity index (χ1v) is 5.06. The minimum absolute atomic E-state index is 0. The van der Waals surface area contributed by atoms with Crippen LogP contribution in [0.15, 0.2) is 0 Å². The number of rotatable bonds is 9. The van der Waals surface area contributed by atoms with Crippen LogP contribution in [0.3, 0.4) is 0 Å². The van der Waals surface area contributed by atoms with E-state index >= 15 is 0 Å². The summed E-state index contributed by atoms with van der Waals surface area (Å²) in [5, 5.41) is 16.7. The highest BCUT2D eigenvalue weighted by Gasteiger charge is 1.98. The average molecular weight is 291 g/mol. The number of aliphatic carboxylic acids is 2. The fourth-order valence-electron chi connectivity index (χ4n) is 1.26. The lowest BCUT2D eigenvalue weighted by atomic mass is 10.1. The van der Waals surface area contributed by atoms with Crippen molar-refractivity contribution >= 4 is 11.9 Å². The lowest BCUT2D eigenvalue weighted by Gasteiger charge is -1.98. The lowest BCUT2D eigenvalue weighted by molar-refractivity contribution is -0.138. The molecule has 0 rings (SSSR count). The van der Waals surface area contributed by atoms with E-state index in [0.29, 0.717) is 0 Å². The maximum absolute atomic E-state index is 10.1. The molecule has 0 aliphatic carbocycles. The molecule has 0 aromatic rings. The van der Waals surface area contributed by atoms with Crippen LogP contribution in [-0.4, -0.2) is 44.1 Å². The van der Waals surface area contributed by atoms with Gasteiger partial charge in [0.25, 0.3) is 0 Å². The van der Waals surface area contributed by atoms with Crippen molar-refractivity contribution < 1.29 is 41.7 Å². The largest absolute Gasteiger partial charge is 0.481 e. The highest BCUT2D eigenvalue weighted by molar-refractivity contribution is 5.66. The van der Waals surface area contributed by atoms with Gasteiger partial charge in [0.15, 0.2) is 0 Å². The molecule has 0 bridgehead atoms. The van der Waals surface area contributed by atoms with Gasteiger partial charge in [0, 0.05) is 12.8 Å². The van der Waals surface area contributed by atoms with Crippen LogP contribution in [0.5, 0.6) is 0 Å². The van der Waals surface area contributed by atoms with Crippen molar-refractivity contribution in [3.63, 3.8) is 0 Å². The first kappa shape index (κ1) is 36.1. The summed E-state index contributed by atoms with van der Waals surface area (Å²) in [7, 11) is 0. The van der Waals surface area contributed by atoms with Gasteiger partial charge in [0.05, 0.1) is 0 Å². The Balaban J connectivity index is -0.0000000845. The van der Waals surface area contributed by atoms with Gasteiger partial charge in [-0.3, -0.25) is 9.59 Å². The molecule has 0 aliphatic rings. The molecule has 0 aliphatic heterocycles. The monoisotopic (exact) mass is 291 g/mol. The molecule has 13 N–H and O–H groups in total. The summed E-state index contributed by atoms with van der Waals surface area (Å²) < 4.78 is 0. The van der Waals surface area contributed by atoms with Gasteiger partial charge >= 0.3 is 11.9 Å². The molecule has 0 aromatic carbocycles. The molecular formula is C10H29NO8. The van der Waals surface area contributed by atoms with Gasteiger partial charge in [0.2, 0.25) is 0 Å². The molecule has 0 spiro atoms. The van der Waals surface area contributed by atoms with Crippen molar-refractivity contribution in [1.82, 2.24) is 6.15 Å². The van der Waals surface area contributed by atoms with E-state index in [1.807, 2.05) is 0 Å². The minimum atomic E-state index is -0.740. The lowest BCUT2D eigenvalue weighted by Crippen LogP contribution is -1.94. The van der Waals surface area contributed by atoms with Crippen LogP contribution >= 0.6 is 0 Å². The Bertz CT molecular complexity index is 168. The number of hydrogen-bond acceptors (Lipinski definition) is 3. The maximum atomic E-state index is 10.1. The predicted molar refractivity (Wildman–Crippen MR) is 71.7 cm³/mol. The fourth-order valence-corrected chi connectivity index (χ4v) is 1.26. The zero-order valence-electron chi connectivity index (χ0n) is 11.1. The Morgan fingerprint density at radius 3 is 1.00 bits per heavy atom. The number of carbonyl (C=O) groups is 2. The smallest absolute Gasteiger partial charge is 0.303 e. The topological polar surface area (TPSA) is 236 Å². The molecule has 0 atom stereocenters. The molecule has 0 fully saturated rings. The molecule has 19 heavy (non-hydrogen) atoms. The van der Waals surface area contributed by atoms with Crippen LogP contribution in [0.25, 0.3) is 0 Å². The zero-order chi connectivity index (χ0) is 10.8. The minimum Gasteiger partial charge on any atom is -0.481 e. The van der Waals surface area contributed by atoms with Gasteiger partial charge in [-0.25, -0.2) is 0 Å². The second kappa shape index (κ2) is 25.6. The molecule has 0 saturated carbocycles. The molecule has 0 aromatic heterocycles.